The van der Waals surface area contributed by atoms with Crippen LogP contribution in [0.25, 0.3) is 11.1 Å². The number of aliphatic hydroxyl groups excluding tert-OH is 1. The van der Waals surface area contributed by atoms with Gasteiger partial charge in [0.05, 0.1) is 22.8 Å². The molecule has 2 aromatic rings. The number of anilines is 2. The lowest BCUT2D eigenvalue weighted by atomic mass is 9.95. The van der Waals surface area contributed by atoms with Crippen molar-refractivity contribution in [2.24, 2.45) is 5.29 Å². The Bertz CT molecular complexity index is 826. The molecule has 0 amide bonds. The van der Waals surface area contributed by atoms with Crippen LogP contribution >= 0.6 is 0 Å². The third kappa shape index (κ3) is 2.92. The highest BCUT2D eigenvalue weighted by Crippen LogP contribution is 2.49. The molecule has 1 saturated heterocycles. The zero-order chi connectivity index (χ0) is 17.6. The minimum atomic E-state index is -1.18. The maximum atomic E-state index is 13.8. The van der Waals surface area contributed by atoms with E-state index in [1.165, 1.54) is 5.01 Å². The van der Waals surface area contributed by atoms with Crippen LogP contribution in [0.4, 0.5) is 15.8 Å². The molecule has 2 aromatic carbocycles. The summed E-state index contributed by atoms with van der Waals surface area (Å²) in [6, 6.07) is 12.0. The van der Waals surface area contributed by atoms with Crippen LogP contribution in [0.5, 0.6) is 0 Å². The normalized spacial score (nSPS) is 22.6. The van der Waals surface area contributed by atoms with Gasteiger partial charge >= 0.3 is 0 Å². The van der Waals surface area contributed by atoms with Crippen LogP contribution in [0.2, 0.25) is 0 Å². The minimum absolute atomic E-state index is 0.268. The van der Waals surface area contributed by atoms with Crippen molar-refractivity contribution in [2.45, 2.75) is 32.2 Å². The summed E-state index contributed by atoms with van der Waals surface area (Å²) in [5, 5.41) is 13.9. The van der Waals surface area contributed by atoms with Gasteiger partial charge in [-0.3, -0.25) is 4.90 Å². The summed E-state index contributed by atoms with van der Waals surface area (Å²) in [5.74, 6) is 0. The van der Waals surface area contributed by atoms with E-state index in [4.69, 9.17) is 0 Å². The summed E-state index contributed by atoms with van der Waals surface area (Å²) in [5.41, 5.74) is 6.15. The van der Waals surface area contributed by atoms with Crippen molar-refractivity contribution in [1.82, 2.24) is 4.90 Å². The van der Waals surface area contributed by atoms with Gasteiger partial charge in [-0.25, -0.2) is 4.39 Å². The average Bonchev–Trinajstić information content (AvgIpc) is 3.32. The second-order valence-corrected chi connectivity index (χ2v) is 6.79. The van der Waals surface area contributed by atoms with Gasteiger partial charge < -0.3 is 5.11 Å². The molecule has 0 aromatic heterocycles. The fourth-order valence-corrected chi connectivity index (χ4v) is 3.60. The summed E-state index contributed by atoms with van der Waals surface area (Å²) in [7, 11) is 0. The predicted octanol–water partition coefficient (Wildman–Crippen LogP) is 3.70. The predicted molar refractivity (Wildman–Crippen MR) is 95.3 cm³/mol. The van der Waals surface area contributed by atoms with Gasteiger partial charge in [0.25, 0.3) is 0 Å². The van der Waals surface area contributed by atoms with E-state index in [0.717, 1.165) is 33.6 Å². The number of nitrogens with zero attached hydrogens (tertiary/aromatic N) is 3. The fourth-order valence-electron chi connectivity index (χ4n) is 3.60. The van der Waals surface area contributed by atoms with E-state index in [9.17, 15) is 14.4 Å². The van der Waals surface area contributed by atoms with Gasteiger partial charge in [-0.05, 0) is 47.7 Å². The third-order valence-electron chi connectivity index (χ3n) is 5.21. The molecule has 4 rings (SSSR count). The number of nitroso groups, excluding NO2 is 1. The van der Waals surface area contributed by atoms with Crippen LogP contribution in [0, 0.1) is 11.8 Å². The van der Waals surface area contributed by atoms with Crippen LogP contribution in [0.3, 0.4) is 0 Å². The van der Waals surface area contributed by atoms with E-state index < -0.39 is 12.3 Å². The quantitative estimate of drug-likeness (QED) is 0.680. The van der Waals surface area contributed by atoms with Crippen molar-refractivity contribution < 1.29 is 9.50 Å². The first-order valence-electron chi connectivity index (χ1n) is 8.49. The van der Waals surface area contributed by atoms with Crippen LogP contribution in [-0.2, 0) is 6.54 Å². The number of halogens is 1. The van der Waals surface area contributed by atoms with Gasteiger partial charge in [0.1, 0.15) is 6.17 Å². The van der Waals surface area contributed by atoms with Crippen LogP contribution < -0.4 is 5.01 Å². The monoisotopic (exact) mass is 341 g/mol. The van der Waals surface area contributed by atoms with E-state index in [1.807, 2.05) is 29.2 Å². The SMILES string of the molecule is Cc1c(CN2CCC(O)C(F)C2)cccc1-c1ccc2c(c1)N2N=O. The smallest absolute Gasteiger partial charge is 0.139 e. The Kier molecular flexibility index (Phi) is 4.01. The maximum absolute atomic E-state index is 13.8. The third-order valence-corrected chi connectivity index (χ3v) is 5.21. The first kappa shape index (κ1) is 16.2. The number of aliphatic hydroxyl groups is 1. The molecule has 2 unspecified atom stereocenters. The van der Waals surface area contributed by atoms with E-state index >= 15 is 0 Å². The molecule has 0 aliphatic carbocycles. The Balaban J connectivity index is 1.57. The van der Waals surface area contributed by atoms with Crippen LogP contribution in [0.1, 0.15) is 17.5 Å². The lowest BCUT2D eigenvalue weighted by Gasteiger charge is -2.32. The zero-order valence-corrected chi connectivity index (χ0v) is 14.0. The molecule has 2 heterocycles. The van der Waals surface area contributed by atoms with Gasteiger partial charge in [-0.1, -0.05) is 24.3 Å². The fraction of sp³-hybridized carbons (Fsp3) is 0.368. The number of benzene rings is 2. The highest BCUT2D eigenvalue weighted by Gasteiger charge is 2.31. The molecular weight excluding hydrogens is 321 g/mol. The van der Waals surface area contributed by atoms with Gasteiger partial charge in [-0.2, -0.15) is 5.01 Å². The molecule has 6 heteroatoms. The number of piperidine rings is 1. The molecular formula is C19H20FN3O2. The van der Waals surface area contributed by atoms with Crippen LogP contribution in [-0.4, -0.2) is 35.4 Å². The molecule has 0 bridgehead atoms. The van der Waals surface area contributed by atoms with Crippen molar-refractivity contribution in [3.63, 3.8) is 0 Å². The number of hydrogen-bond donors (Lipinski definition) is 1. The summed E-state index contributed by atoms with van der Waals surface area (Å²) < 4.78 is 13.8. The second kappa shape index (κ2) is 6.20. The van der Waals surface area contributed by atoms with E-state index in [1.54, 1.807) is 0 Å². The molecule has 1 N–H and O–H groups in total. The topological polar surface area (TPSA) is 55.9 Å². The van der Waals surface area contributed by atoms with Gasteiger partial charge in [0, 0.05) is 19.6 Å². The van der Waals surface area contributed by atoms with Crippen molar-refractivity contribution in [3.8, 4) is 11.1 Å². The Morgan fingerprint density at radius 2 is 2.12 bits per heavy atom. The molecule has 0 saturated carbocycles. The van der Waals surface area contributed by atoms with Gasteiger partial charge in [0.15, 0.2) is 0 Å². The van der Waals surface area contributed by atoms with E-state index in [2.05, 4.69) is 24.3 Å². The molecule has 25 heavy (non-hydrogen) atoms. The van der Waals surface area contributed by atoms with Gasteiger partial charge in [-0.15, -0.1) is 4.91 Å². The van der Waals surface area contributed by atoms with Gasteiger partial charge in [0.2, 0.25) is 0 Å². The maximum Gasteiger partial charge on any atom is 0.139 e. The van der Waals surface area contributed by atoms with E-state index in [-0.39, 0.29) is 6.54 Å². The number of rotatable bonds is 4. The number of likely N-dealkylation sites (tertiary alicyclic amines) is 1. The highest BCUT2D eigenvalue weighted by atomic mass is 19.1. The lowest BCUT2D eigenvalue weighted by molar-refractivity contribution is 0.00388. The first-order valence-corrected chi connectivity index (χ1v) is 8.49. The standard InChI is InChI=1S/C19H20FN3O2/c1-12-14(10-22-8-7-19(24)16(20)11-22)3-2-4-15(12)13-5-6-17-18(9-13)23(17)21-25/h2-6,9,16,19,24H,7-8,10-11H2,1H3. The summed E-state index contributed by atoms with van der Waals surface area (Å²) in [6.45, 7) is 3.70. The van der Waals surface area contributed by atoms with Crippen molar-refractivity contribution in [2.75, 3.05) is 18.1 Å². The lowest BCUT2D eigenvalue weighted by Crippen LogP contribution is -2.44. The average molecular weight is 341 g/mol. The molecule has 2 atom stereocenters. The molecule has 0 spiro atoms. The minimum Gasteiger partial charge on any atom is -0.390 e. The Morgan fingerprint density at radius 1 is 1.28 bits per heavy atom. The number of hydrogen-bond acceptors (Lipinski definition) is 4. The molecule has 2 aliphatic rings. The second-order valence-electron chi connectivity index (χ2n) is 6.79. The summed E-state index contributed by atoms with van der Waals surface area (Å²) in [4.78, 5) is 12.7. The summed E-state index contributed by atoms with van der Waals surface area (Å²) >= 11 is 0. The van der Waals surface area contributed by atoms with Crippen molar-refractivity contribution >= 4 is 11.4 Å². The largest absolute Gasteiger partial charge is 0.390 e. The van der Waals surface area contributed by atoms with Crippen LogP contribution in [0.15, 0.2) is 41.7 Å². The molecule has 5 nitrogen and oxygen atoms in total. The van der Waals surface area contributed by atoms with Crippen molar-refractivity contribution in [1.29, 1.82) is 0 Å². The van der Waals surface area contributed by atoms with E-state index in [0.29, 0.717) is 19.5 Å². The molecule has 2 aliphatic heterocycles. The molecule has 1 fully saturated rings. The molecule has 130 valence electrons. The Morgan fingerprint density at radius 3 is 2.88 bits per heavy atom. The summed E-state index contributed by atoms with van der Waals surface area (Å²) in [6.07, 6.45) is -1.54. The highest BCUT2D eigenvalue weighted by molar-refractivity contribution is 5.95. The Hall–Kier alpha value is -2.31. The van der Waals surface area contributed by atoms with Crippen molar-refractivity contribution in [3.05, 3.63) is 52.4 Å². The Labute approximate surface area is 145 Å². The number of alkyl halides is 1. The zero-order valence-electron chi connectivity index (χ0n) is 14.0. The molecule has 0 radical (unpaired) electrons. The number of fused-ring (bicyclic) bond motifs is 1. The first-order chi connectivity index (χ1) is 12.1.